The first-order chi connectivity index (χ1) is 7.15. The van der Waals surface area contributed by atoms with Crippen LogP contribution in [0.5, 0.6) is 0 Å². The monoisotopic (exact) mass is 212 g/mol. The van der Waals surface area contributed by atoms with E-state index in [1.165, 1.54) is 0 Å². The van der Waals surface area contributed by atoms with Gasteiger partial charge in [0.25, 0.3) is 0 Å². The fraction of sp³-hybridized carbons (Fsp3) is 0.727. The highest BCUT2D eigenvalue weighted by Gasteiger charge is 2.25. The number of likely N-dealkylation sites (tertiary alicyclic amines) is 1. The number of carbonyl (C=O) groups is 1. The van der Waals surface area contributed by atoms with Gasteiger partial charge in [-0.1, -0.05) is 6.08 Å². The third-order valence-electron chi connectivity index (χ3n) is 2.85. The largest absolute Gasteiger partial charge is 0.393 e. The Balaban J connectivity index is 2.35. The van der Waals surface area contributed by atoms with Gasteiger partial charge in [-0.25, -0.2) is 0 Å². The van der Waals surface area contributed by atoms with Crippen molar-refractivity contribution in [1.29, 1.82) is 0 Å². The van der Waals surface area contributed by atoms with E-state index in [2.05, 4.69) is 16.8 Å². The van der Waals surface area contributed by atoms with Gasteiger partial charge in [0, 0.05) is 19.6 Å². The van der Waals surface area contributed by atoms with Gasteiger partial charge in [-0.3, -0.25) is 9.69 Å². The Morgan fingerprint density at radius 3 is 2.80 bits per heavy atom. The van der Waals surface area contributed by atoms with Crippen LogP contribution in [0, 0.1) is 0 Å². The Hall–Kier alpha value is -0.870. The van der Waals surface area contributed by atoms with Crippen molar-refractivity contribution in [3.8, 4) is 0 Å². The lowest BCUT2D eigenvalue weighted by Gasteiger charge is -2.33. The van der Waals surface area contributed by atoms with E-state index in [4.69, 9.17) is 0 Å². The highest BCUT2D eigenvalue weighted by Crippen LogP contribution is 2.12. The topological polar surface area (TPSA) is 52.6 Å². The number of hydrogen-bond acceptors (Lipinski definition) is 3. The lowest BCUT2D eigenvalue weighted by atomic mass is 10.1. The average Bonchev–Trinajstić information content (AvgIpc) is 2.26. The van der Waals surface area contributed by atoms with Crippen molar-refractivity contribution in [2.24, 2.45) is 0 Å². The maximum absolute atomic E-state index is 11.6. The molecule has 0 aromatic heterocycles. The van der Waals surface area contributed by atoms with Gasteiger partial charge in [0.05, 0.1) is 12.1 Å². The molecule has 1 amide bonds. The van der Waals surface area contributed by atoms with Gasteiger partial charge in [0.1, 0.15) is 0 Å². The highest BCUT2D eigenvalue weighted by molar-refractivity contribution is 5.81. The molecule has 0 aromatic carbocycles. The minimum Gasteiger partial charge on any atom is -0.393 e. The molecule has 15 heavy (non-hydrogen) atoms. The number of aliphatic hydroxyl groups is 1. The average molecular weight is 212 g/mol. The van der Waals surface area contributed by atoms with Crippen LogP contribution >= 0.6 is 0 Å². The Bertz CT molecular complexity index is 223. The van der Waals surface area contributed by atoms with Crippen molar-refractivity contribution in [3.05, 3.63) is 12.7 Å². The zero-order valence-corrected chi connectivity index (χ0v) is 9.28. The summed E-state index contributed by atoms with van der Waals surface area (Å²) in [6, 6.07) is -0.113. The second-order valence-corrected chi connectivity index (χ2v) is 3.98. The third-order valence-corrected chi connectivity index (χ3v) is 2.85. The van der Waals surface area contributed by atoms with E-state index in [0.717, 1.165) is 25.9 Å². The molecule has 1 aliphatic rings. The predicted octanol–water partition coefficient (Wildman–Crippen LogP) is 0.134. The number of nitrogens with one attached hydrogen (secondary N) is 1. The first-order valence-corrected chi connectivity index (χ1v) is 5.46. The second-order valence-electron chi connectivity index (χ2n) is 3.98. The number of amides is 1. The third kappa shape index (κ3) is 3.64. The standard InChI is InChI=1S/C11H20N2O2/c1-3-6-12-11(15)9(2)13-7-4-10(14)5-8-13/h3,9-10,14H,1,4-8H2,2H3,(H,12,15). The van der Waals surface area contributed by atoms with Crippen molar-refractivity contribution in [2.75, 3.05) is 19.6 Å². The molecule has 4 nitrogen and oxygen atoms in total. The van der Waals surface area contributed by atoms with Crippen molar-refractivity contribution in [3.63, 3.8) is 0 Å². The quantitative estimate of drug-likeness (QED) is 0.651. The van der Waals surface area contributed by atoms with E-state index in [-0.39, 0.29) is 18.1 Å². The Morgan fingerprint density at radius 2 is 2.27 bits per heavy atom. The van der Waals surface area contributed by atoms with Crippen molar-refractivity contribution >= 4 is 5.91 Å². The summed E-state index contributed by atoms with van der Waals surface area (Å²) < 4.78 is 0. The van der Waals surface area contributed by atoms with Crippen LogP contribution in [0.4, 0.5) is 0 Å². The Morgan fingerprint density at radius 1 is 1.67 bits per heavy atom. The number of nitrogens with zero attached hydrogens (tertiary/aromatic N) is 1. The Labute approximate surface area is 91.0 Å². The molecule has 1 heterocycles. The van der Waals surface area contributed by atoms with Gasteiger partial charge in [0.15, 0.2) is 0 Å². The summed E-state index contributed by atoms with van der Waals surface area (Å²) in [5.74, 6) is 0.0336. The van der Waals surface area contributed by atoms with Crippen LogP contribution in [-0.2, 0) is 4.79 Å². The smallest absolute Gasteiger partial charge is 0.237 e. The molecule has 1 aliphatic heterocycles. The van der Waals surface area contributed by atoms with Gasteiger partial charge in [-0.05, 0) is 19.8 Å². The number of piperidine rings is 1. The maximum atomic E-state index is 11.6. The SMILES string of the molecule is C=CCNC(=O)C(C)N1CCC(O)CC1. The maximum Gasteiger partial charge on any atom is 0.237 e. The molecule has 2 N–H and O–H groups in total. The molecule has 0 saturated carbocycles. The lowest BCUT2D eigenvalue weighted by Crippen LogP contribution is -2.49. The first kappa shape index (κ1) is 12.2. The normalized spacial score (nSPS) is 20.9. The minimum absolute atomic E-state index is 0.0336. The summed E-state index contributed by atoms with van der Waals surface area (Å²) in [6.45, 7) is 7.56. The molecule has 1 unspecified atom stereocenters. The van der Waals surface area contributed by atoms with Crippen LogP contribution in [0.25, 0.3) is 0 Å². The summed E-state index contributed by atoms with van der Waals surface area (Å²) in [7, 11) is 0. The first-order valence-electron chi connectivity index (χ1n) is 5.46. The number of hydrogen-bond donors (Lipinski definition) is 2. The molecule has 1 saturated heterocycles. The number of aliphatic hydroxyl groups excluding tert-OH is 1. The molecule has 4 heteroatoms. The van der Waals surface area contributed by atoms with Gasteiger partial charge in [0.2, 0.25) is 5.91 Å². The van der Waals surface area contributed by atoms with E-state index < -0.39 is 0 Å². The fourth-order valence-electron chi connectivity index (χ4n) is 1.76. The van der Waals surface area contributed by atoms with Crippen LogP contribution in [0.15, 0.2) is 12.7 Å². The van der Waals surface area contributed by atoms with Gasteiger partial charge < -0.3 is 10.4 Å². The highest BCUT2D eigenvalue weighted by atomic mass is 16.3. The van der Waals surface area contributed by atoms with Gasteiger partial charge >= 0.3 is 0 Å². The molecule has 0 spiro atoms. The van der Waals surface area contributed by atoms with Gasteiger partial charge in [-0.2, -0.15) is 0 Å². The molecule has 86 valence electrons. The number of carbonyl (C=O) groups excluding carboxylic acids is 1. The van der Waals surface area contributed by atoms with E-state index >= 15 is 0 Å². The van der Waals surface area contributed by atoms with Crippen LogP contribution in [-0.4, -0.2) is 47.7 Å². The summed E-state index contributed by atoms with van der Waals surface area (Å²) in [6.07, 6.45) is 3.01. The van der Waals surface area contributed by atoms with Crippen molar-refractivity contribution in [2.45, 2.75) is 31.9 Å². The van der Waals surface area contributed by atoms with E-state index in [1.54, 1.807) is 6.08 Å². The summed E-state index contributed by atoms with van der Waals surface area (Å²) in [5, 5.41) is 12.1. The van der Waals surface area contributed by atoms with Crippen LogP contribution in [0.2, 0.25) is 0 Å². The van der Waals surface area contributed by atoms with Crippen LogP contribution < -0.4 is 5.32 Å². The Kier molecular flexibility index (Phi) is 4.78. The molecule has 0 bridgehead atoms. The molecule has 0 radical (unpaired) electrons. The van der Waals surface area contributed by atoms with E-state index in [1.807, 2.05) is 6.92 Å². The summed E-state index contributed by atoms with van der Waals surface area (Å²) >= 11 is 0. The van der Waals surface area contributed by atoms with E-state index in [9.17, 15) is 9.90 Å². The predicted molar refractivity (Wildman–Crippen MR) is 59.5 cm³/mol. The molecular formula is C11H20N2O2. The zero-order valence-electron chi connectivity index (χ0n) is 9.28. The zero-order chi connectivity index (χ0) is 11.3. The summed E-state index contributed by atoms with van der Waals surface area (Å²) in [4.78, 5) is 13.7. The molecule has 1 rings (SSSR count). The van der Waals surface area contributed by atoms with Crippen molar-refractivity contribution < 1.29 is 9.90 Å². The van der Waals surface area contributed by atoms with Gasteiger partial charge in [-0.15, -0.1) is 6.58 Å². The van der Waals surface area contributed by atoms with Crippen LogP contribution in [0.1, 0.15) is 19.8 Å². The van der Waals surface area contributed by atoms with Crippen LogP contribution in [0.3, 0.4) is 0 Å². The minimum atomic E-state index is -0.190. The second kappa shape index (κ2) is 5.88. The molecular weight excluding hydrogens is 192 g/mol. The lowest BCUT2D eigenvalue weighted by molar-refractivity contribution is -0.126. The van der Waals surface area contributed by atoms with Crippen molar-refractivity contribution in [1.82, 2.24) is 10.2 Å². The number of rotatable bonds is 4. The summed E-state index contributed by atoms with van der Waals surface area (Å²) in [5.41, 5.74) is 0. The van der Waals surface area contributed by atoms with E-state index in [0.29, 0.717) is 6.54 Å². The molecule has 1 fully saturated rings. The molecule has 1 atom stereocenters. The fourth-order valence-corrected chi connectivity index (χ4v) is 1.76. The molecule has 0 aliphatic carbocycles. The molecule has 0 aromatic rings.